The predicted octanol–water partition coefficient (Wildman–Crippen LogP) is 3.74. The zero-order valence-corrected chi connectivity index (χ0v) is 11.0. The topological polar surface area (TPSA) is 25.2 Å². The monoisotopic (exact) mass is 279 g/mol. The molecular weight excluding hydrogens is 266 g/mol. The predicted molar refractivity (Wildman–Crippen MR) is 69.3 cm³/mol. The quantitative estimate of drug-likeness (QED) is 0.926. The second-order valence-corrected chi connectivity index (χ2v) is 4.56. The van der Waals surface area contributed by atoms with E-state index in [4.69, 9.17) is 4.42 Å². The highest BCUT2D eigenvalue weighted by molar-refractivity contribution is 9.10. The molecule has 0 aliphatic carbocycles. The molecule has 0 atom stereocenters. The minimum absolute atomic E-state index is 0.757. The molecule has 1 aromatic heterocycles. The number of halogens is 1. The molecule has 0 spiro atoms. The summed E-state index contributed by atoms with van der Waals surface area (Å²) in [6, 6.07) is 10.2. The summed E-state index contributed by atoms with van der Waals surface area (Å²) in [6.45, 7) is 2.84. The zero-order chi connectivity index (χ0) is 11.5. The van der Waals surface area contributed by atoms with Gasteiger partial charge in [-0.25, -0.2) is 0 Å². The summed E-state index contributed by atoms with van der Waals surface area (Å²) < 4.78 is 6.87. The number of furan rings is 1. The van der Waals surface area contributed by atoms with Gasteiger partial charge < -0.3 is 9.73 Å². The van der Waals surface area contributed by atoms with Crippen LogP contribution in [-0.4, -0.2) is 7.05 Å². The van der Waals surface area contributed by atoms with Crippen molar-refractivity contribution in [2.45, 2.75) is 13.5 Å². The van der Waals surface area contributed by atoms with Crippen molar-refractivity contribution in [3.05, 3.63) is 46.1 Å². The van der Waals surface area contributed by atoms with Crippen molar-refractivity contribution >= 4 is 15.9 Å². The molecule has 0 aliphatic heterocycles. The molecule has 0 saturated heterocycles. The normalized spacial score (nSPS) is 10.7. The third kappa shape index (κ3) is 2.20. The van der Waals surface area contributed by atoms with Gasteiger partial charge in [-0.2, -0.15) is 0 Å². The van der Waals surface area contributed by atoms with Crippen molar-refractivity contribution < 1.29 is 4.42 Å². The van der Waals surface area contributed by atoms with E-state index < -0.39 is 0 Å². The summed E-state index contributed by atoms with van der Waals surface area (Å²) in [5, 5.41) is 3.07. The van der Waals surface area contributed by atoms with Crippen LogP contribution < -0.4 is 5.32 Å². The Bertz CT molecular complexity index is 490. The van der Waals surface area contributed by atoms with E-state index in [9.17, 15) is 0 Å². The van der Waals surface area contributed by atoms with E-state index in [0.29, 0.717) is 0 Å². The highest BCUT2D eigenvalue weighted by atomic mass is 79.9. The van der Waals surface area contributed by atoms with E-state index in [-0.39, 0.29) is 0 Å². The molecule has 0 bridgehead atoms. The third-order valence-corrected chi connectivity index (χ3v) is 3.40. The lowest BCUT2D eigenvalue weighted by molar-refractivity contribution is 0.507. The van der Waals surface area contributed by atoms with Crippen LogP contribution in [0.25, 0.3) is 11.3 Å². The van der Waals surface area contributed by atoms with Crippen LogP contribution >= 0.6 is 15.9 Å². The number of hydrogen-bond donors (Lipinski definition) is 1. The average Bonchev–Trinajstić information content (AvgIpc) is 2.71. The maximum absolute atomic E-state index is 5.76. The lowest BCUT2D eigenvalue weighted by Crippen LogP contribution is -2.03. The Morgan fingerprint density at radius 1 is 1.25 bits per heavy atom. The molecule has 1 heterocycles. The van der Waals surface area contributed by atoms with Gasteiger partial charge in [-0.15, -0.1) is 0 Å². The summed E-state index contributed by atoms with van der Waals surface area (Å²) in [4.78, 5) is 0. The lowest BCUT2D eigenvalue weighted by atomic mass is 10.1. The van der Waals surface area contributed by atoms with E-state index in [1.54, 1.807) is 0 Å². The molecule has 2 aromatic rings. The van der Waals surface area contributed by atoms with Crippen LogP contribution in [0.15, 0.2) is 39.2 Å². The Hall–Kier alpha value is -1.06. The largest absolute Gasteiger partial charge is 0.460 e. The Morgan fingerprint density at radius 3 is 2.81 bits per heavy atom. The number of benzene rings is 1. The van der Waals surface area contributed by atoms with Gasteiger partial charge >= 0.3 is 0 Å². The summed E-state index contributed by atoms with van der Waals surface area (Å²) in [6.07, 6.45) is 0. The van der Waals surface area contributed by atoms with Crippen molar-refractivity contribution in [2.75, 3.05) is 7.05 Å². The molecule has 2 rings (SSSR count). The van der Waals surface area contributed by atoms with Gasteiger partial charge in [-0.1, -0.05) is 28.1 Å². The van der Waals surface area contributed by atoms with Gasteiger partial charge in [0.05, 0.1) is 6.54 Å². The van der Waals surface area contributed by atoms with E-state index in [0.717, 1.165) is 28.1 Å². The maximum Gasteiger partial charge on any atom is 0.134 e. The molecular formula is C13H14BrNO. The molecule has 0 amide bonds. The van der Waals surface area contributed by atoms with E-state index >= 15 is 0 Å². The fourth-order valence-corrected chi connectivity index (χ4v) is 2.03. The third-order valence-electron chi connectivity index (χ3n) is 2.55. The molecule has 0 saturated carbocycles. The molecule has 2 nitrogen and oxygen atoms in total. The van der Waals surface area contributed by atoms with E-state index in [1.165, 1.54) is 5.56 Å². The van der Waals surface area contributed by atoms with Crippen LogP contribution in [0.1, 0.15) is 11.3 Å². The molecule has 1 aromatic carbocycles. The molecule has 84 valence electrons. The van der Waals surface area contributed by atoms with Crippen LogP contribution in [0.2, 0.25) is 0 Å². The Labute approximate surface area is 104 Å². The Kier molecular flexibility index (Phi) is 3.46. The molecule has 0 fully saturated rings. The summed E-state index contributed by atoms with van der Waals surface area (Å²) in [7, 11) is 1.91. The maximum atomic E-state index is 5.76. The molecule has 3 heteroatoms. The second kappa shape index (κ2) is 4.85. The van der Waals surface area contributed by atoms with Crippen molar-refractivity contribution in [3.8, 4) is 11.3 Å². The number of rotatable bonds is 3. The van der Waals surface area contributed by atoms with Crippen LogP contribution in [0.4, 0.5) is 0 Å². The van der Waals surface area contributed by atoms with Crippen molar-refractivity contribution in [1.29, 1.82) is 0 Å². The van der Waals surface area contributed by atoms with Crippen molar-refractivity contribution in [3.63, 3.8) is 0 Å². The SMILES string of the molecule is CNCc1ccc(-c2cccc(Br)c2C)o1. The fraction of sp³-hybridized carbons (Fsp3) is 0.231. The molecule has 1 N–H and O–H groups in total. The fourth-order valence-electron chi connectivity index (χ4n) is 1.67. The van der Waals surface area contributed by atoms with Gasteiger partial charge in [0.1, 0.15) is 11.5 Å². The van der Waals surface area contributed by atoms with Gasteiger partial charge in [0, 0.05) is 10.0 Å². The van der Waals surface area contributed by atoms with Crippen molar-refractivity contribution in [2.24, 2.45) is 0 Å². The lowest BCUT2D eigenvalue weighted by Gasteiger charge is -2.04. The average molecular weight is 280 g/mol. The van der Waals surface area contributed by atoms with E-state index in [2.05, 4.69) is 34.2 Å². The Morgan fingerprint density at radius 2 is 2.06 bits per heavy atom. The highest BCUT2D eigenvalue weighted by Crippen LogP contribution is 2.29. The summed E-state index contributed by atoms with van der Waals surface area (Å²) in [5.41, 5.74) is 2.34. The van der Waals surface area contributed by atoms with Gasteiger partial charge in [0.25, 0.3) is 0 Å². The number of hydrogen-bond acceptors (Lipinski definition) is 2. The smallest absolute Gasteiger partial charge is 0.134 e. The van der Waals surface area contributed by atoms with Crippen LogP contribution in [0, 0.1) is 6.92 Å². The Balaban J connectivity index is 2.39. The van der Waals surface area contributed by atoms with Gasteiger partial charge in [-0.05, 0) is 37.7 Å². The first kappa shape index (κ1) is 11.4. The minimum atomic E-state index is 0.757. The second-order valence-electron chi connectivity index (χ2n) is 3.71. The first-order chi connectivity index (χ1) is 7.72. The first-order valence-corrected chi connectivity index (χ1v) is 6.00. The van der Waals surface area contributed by atoms with E-state index in [1.807, 2.05) is 31.3 Å². The van der Waals surface area contributed by atoms with Gasteiger partial charge in [0.15, 0.2) is 0 Å². The van der Waals surface area contributed by atoms with Crippen LogP contribution in [0.3, 0.4) is 0 Å². The minimum Gasteiger partial charge on any atom is -0.460 e. The van der Waals surface area contributed by atoms with Gasteiger partial charge in [-0.3, -0.25) is 0 Å². The molecule has 0 aliphatic rings. The van der Waals surface area contributed by atoms with Crippen molar-refractivity contribution in [1.82, 2.24) is 5.32 Å². The van der Waals surface area contributed by atoms with Gasteiger partial charge in [0.2, 0.25) is 0 Å². The number of nitrogens with one attached hydrogen (secondary N) is 1. The highest BCUT2D eigenvalue weighted by Gasteiger charge is 2.08. The molecule has 0 unspecified atom stereocenters. The zero-order valence-electron chi connectivity index (χ0n) is 9.38. The summed E-state index contributed by atoms with van der Waals surface area (Å²) in [5.74, 6) is 1.88. The standard InChI is InChI=1S/C13H14BrNO/c1-9-11(4-3-5-12(9)14)13-7-6-10(16-13)8-15-2/h3-7,15H,8H2,1-2H3. The van der Waals surface area contributed by atoms with Crippen LogP contribution in [-0.2, 0) is 6.54 Å². The first-order valence-electron chi connectivity index (χ1n) is 5.21. The summed E-state index contributed by atoms with van der Waals surface area (Å²) >= 11 is 3.53. The molecule has 16 heavy (non-hydrogen) atoms. The van der Waals surface area contributed by atoms with Crippen LogP contribution in [0.5, 0.6) is 0 Å². The molecule has 0 radical (unpaired) electrons.